The molecule has 2 atom stereocenters. The van der Waals surface area contributed by atoms with Gasteiger partial charge >= 0.3 is 0 Å². The normalized spacial score (nSPS) is 21.5. The van der Waals surface area contributed by atoms with Crippen molar-refractivity contribution < 1.29 is 13.2 Å². The molecule has 1 amide bonds. The zero-order chi connectivity index (χ0) is 21.6. The van der Waals surface area contributed by atoms with E-state index in [1.165, 1.54) is 0 Å². The molecule has 0 unspecified atom stereocenters. The van der Waals surface area contributed by atoms with Crippen LogP contribution in [-0.2, 0) is 14.8 Å². The molecule has 6 nitrogen and oxygen atoms in total. The third-order valence-electron chi connectivity index (χ3n) is 6.43. The molecular formula is C24H25N3O3S. The van der Waals surface area contributed by atoms with Crippen LogP contribution in [0.1, 0.15) is 30.1 Å². The SMILES string of the molecule is CC(=O)N1CCN([C@@H]2c3cccc4cccc(c34)[C@H]2NS(=O)(=O)c2ccccc2)CC1. The van der Waals surface area contributed by atoms with Crippen LogP contribution in [0.3, 0.4) is 0 Å². The van der Waals surface area contributed by atoms with Gasteiger partial charge in [0.1, 0.15) is 0 Å². The van der Waals surface area contributed by atoms with Crippen LogP contribution in [0.2, 0.25) is 0 Å². The lowest BCUT2D eigenvalue weighted by molar-refractivity contribution is -0.130. The number of hydrogen-bond donors (Lipinski definition) is 1. The molecule has 3 aromatic carbocycles. The maximum absolute atomic E-state index is 13.2. The molecule has 2 aliphatic rings. The van der Waals surface area contributed by atoms with Gasteiger partial charge in [-0.15, -0.1) is 0 Å². The Bertz CT molecular complexity index is 1230. The van der Waals surface area contributed by atoms with E-state index in [4.69, 9.17) is 0 Å². The van der Waals surface area contributed by atoms with Crippen LogP contribution >= 0.6 is 0 Å². The number of amides is 1. The number of nitrogens with one attached hydrogen (secondary N) is 1. The summed E-state index contributed by atoms with van der Waals surface area (Å²) in [7, 11) is -3.70. The highest BCUT2D eigenvalue weighted by Gasteiger charge is 2.41. The van der Waals surface area contributed by atoms with E-state index in [1.807, 2.05) is 29.2 Å². The second-order valence-corrected chi connectivity index (χ2v) is 9.91. The van der Waals surface area contributed by atoms with E-state index in [2.05, 4.69) is 27.8 Å². The van der Waals surface area contributed by atoms with Crippen molar-refractivity contribution in [3.8, 4) is 0 Å². The molecule has 1 fully saturated rings. The summed E-state index contributed by atoms with van der Waals surface area (Å²) < 4.78 is 29.5. The van der Waals surface area contributed by atoms with Crippen molar-refractivity contribution in [3.05, 3.63) is 77.9 Å². The fraction of sp³-hybridized carbons (Fsp3) is 0.292. The molecule has 1 aliphatic heterocycles. The molecule has 1 aliphatic carbocycles. The highest BCUT2D eigenvalue weighted by Crippen LogP contribution is 2.47. The Morgan fingerprint density at radius 1 is 0.871 bits per heavy atom. The maximum atomic E-state index is 13.2. The molecule has 31 heavy (non-hydrogen) atoms. The first-order chi connectivity index (χ1) is 15.0. The van der Waals surface area contributed by atoms with Crippen LogP contribution in [0.4, 0.5) is 0 Å². The second-order valence-electron chi connectivity index (χ2n) is 8.19. The Labute approximate surface area is 182 Å². The molecule has 0 bridgehead atoms. The van der Waals surface area contributed by atoms with E-state index < -0.39 is 16.1 Å². The van der Waals surface area contributed by atoms with Gasteiger partial charge in [-0.1, -0.05) is 54.6 Å². The smallest absolute Gasteiger partial charge is 0.241 e. The van der Waals surface area contributed by atoms with E-state index in [9.17, 15) is 13.2 Å². The van der Waals surface area contributed by atoms with Gasteiger partial charge in [0.05, 0.1) is 17.0 Å². The number of piperazine rings is 1. The van der Waals surface area contributed by atoms with Crippen LogP contribution in [0.25, 0.3) is 10.8 Å². The molecule has 1 heterocycles. The fourth-order valence-electron chi connectivity index (χ4n) is 4.94. The Morgan fingerprint density at radius 3 is 2.16 bits per heavy atom. The number of nitrogens with zero attached hydrogens (tertiary/aromatic N) is 2. The minimum absolute atomic E-state index is 0.0813. The molecule has 0 saturated carbocycles. The Morgan fingerprint density at radius 2 is 1.52 bits per heavy atom. The molecular weight excluding hydrogens is 410 g/mol. The molecule has 1 saturated heterocycles. The molecule has 0 aromatic heterocycles. The first kappa shape index (κ1) is 20.2. The largest absolute Gasteiger partial charge is 0.340 e. The van der Waals surface area contributed by atoms with Crippen molar-refractivity contribution in [2.75, 3.05) is 26.2 Å². The van der Waals surface area contributed by atoms with Gasteiger partial charge in [-0.25, -0.2) is 13.1 Å². The fourth-order valence-corrected chi connectivity index (χ4v) is 6.18. The van der Waals surface area contributed by atoms with Gasteiger partial charge in [0.25, 0.3) is 0 Å². The van der Waals surface area contributed by atoms with E-state index >= 15 is 0 Å². The van der Waals surface area contributed by atoms with Gasteiger partial charge in [-0.3, -0.25) is 9.69 Å². The summed E-state index contributed by atoms with van der Waals surface area (Å²) in [4.78, 5) is 16.2. The number of sulfonamides is 1. The number of benzene rings is 3. The lowest BCUT2D eigenvalue weighted by atomic mass is 10.0. The Balaban J connectivity index is 1.55. The van der Waals surface area contributed by atoms with Crippen molar-refractivity contribution in [3.63, 3.8) is 0 Å². The number of hydrogen-bond acceptors (Lipinski definition) is 4. The summed E-state index contributed by atoms with van der Waals surface area (Å²) in [6.07, 6.45) is 0. The summed E-state index contributed by atoms with van der Waals surface area (Å²) in [6, 6.07) is 20.3. The highest BCUT2D eigenvalue weighted by atomic mass is 32.2. The van der Waals surface area contributed by atoms with Crippen LogP contribution in [0.5, 0.6) is 0 Å². The first-order valence-electron chi connectivity index (χ1n) is 10.5. The maximum Gasteiger partial charge on any atom is 0.241 e. The lowest BCUT2D eigenvalue weighted by Gasteiger charge is -2.40. The summed E-state index contributed by atoms with van der Waals surface area (Å²) >= 11 is 0. The van der Waals surface area contributed by atoms with Crippen LogP contribution in [-0.4, -0.2) is 50.3 Å². The van der Waals surface area contributed by atoms with Gasteiger partial charge in [-0.2, -0.15) is 0 Å². The number of carbonyl (C=O) groups excluding carboxylic acids is 1. The standard InChI is InChI=1S/C24H25N3O3S/c1-17(28)26-13-15-27(16-14-26)24-21-12-6-8-18-7-5-11-20(22(18)21)23(24)25-31(29,30)19-9-3-2-4-10-19/h2-12,23-25H,13-16H2,1H3/t23-,24-/m1/s1. The predicted octanol–water partition coefficient (Wildman–Crippen LogP) is 3.08. The molecule has 7 heteroatoms. The zero-order valence-electron chi connectivity index (χ0n) is 17.4. The van der Waals surface area contributed by atoms with Gasteiger partial charge in [-0.05, 0) is 34.0 Å². The van der Waals surface area contributed by atoms with Crippen molar-refractivity contribution in [1.29, 1.82) is 0 Å². The number of carbonyl (C=O) groups is 1. The van der Waals surface area contributed by atoms with Crippen molar-refractivity contribution in [2.45, 2.75) is 23.9 Å². The monoisotopic (exact) mass is 435 g/mol. The number of rotatable bonds is 4. The average Bonchev–Trinajstić information content (AvgIpc) is 3.09. The Hall–Kier alpha value is -2.74. The van der Waals surface area contributed by atoms with Crippen molar-refractivity contribution in [2.24, 2.45) is 0 Å². The minimum Gasteiger partial charge on any atom is -0.340 e. The molecule has 160 valence electrons. The first-order valence-corrected chi connectivity index (χ1v) is 12.0. The molecule has 0 spiro atoms. The van der Waals surface area contributed by atoms with Crippen molar-refractivity contribution in [1.82, 2.24) is 14.5 Å². The second kappa shape index (κ2) is 7.75. The molecule has 1 N–H and O–H groups in total. The highest BCUT2D eigenvalue weighted by molar-refractivity contribution is 7.89. The molecule has 0 radical (unpaired) electrons. The van der Waals surface area contributed by atoms with Crippen LogP contribution in [0, 0.1) is 0 Å². The van der Waals surface area contributed by atoms with E-state index in [0.29, 0.717) is 26.2 Å². The summed E-state index contributed by atoms with van der Waals surface area (Å²) in [5, 5.41) is 2.24. The van der Waals surface area contributed by atoms with Crippen LogP contribution in [0.15, 0.2) is 71.6 Å². The average molecular weight is 436 g/mol. The summed E-state index contributed by atoms with van der Waals surface area (Å²) in [6.45, 7) is 4.31. The van der Waals surface area contributed by atoms with Gasteiger partial charge in [0.2, 0.25) is 15.9 Å². The Kier molecular flexibility index (Phi) is 5.04. The van der Waals surface area contributed by atoms with Gasteiger partial charge in [0, 0.05) is 33.1 Å². The van der Waals surface area contributed by atoms with Gasteiger partial charge < -0.3 is 4.90 Å². The van der Waals surface area contributed by atoms with E-state index in [0.717, 1.165) is 21.9 Å². The summed E-state index contributed by atoms with van der Waals surface area (Å²) in [5.74, 6) is 0.0813. The quantitative estimate of drug-likeness (QED) is 0.684. The third-order valence-corrected chi connectivity index (χ3v) is 7.88. The third kappa shape index (κ3) is 3.52. The topological polar surface area (TPSA) is 69.7 Å². The van der Waals surface area contributed by atoms with E-state index in [1.54, 1.807) is 31.2 Å². The van der Waals surface area contributed by atoms with Gasteiger partial charge in [0.15, 0.2) is 0 Å². The molecule has 3 aromatic rings. The lowest BCUT2D eigenvalue weighted by Crippen LogP contribution is -2.50. The van der Waals surface area contributed by atoms with E-state index in [-0.39, 0.29) is 16.8 Å². The zero-order valence-corrected chi connectivity index (χ0v) is 18.2. The predicted molar refractivity (Wildman–Crippen MR) is 120 cm³/mol. The minimum atomic E-state index is -3.70. The summed E-state index contributed by atoms with van der Waals surface area (Å²) in [5.41, 5.74) is 2.15. The van der Waals surface area contributed by atoms with Crippen LogP contribution < -0.4 is 4.72 Å². The molecule has 5 rings (SSSR count). The van der Waals surface area contributed by atoms with Crippen molar-refractivity contribution >= 4 is 26.7 Å².